The van der Waals surface area contributed by atoms with Crippen molar-refractivity contribution in [3.8, 4) is 5.75 Å². The number of nitrogens with one attached hydrogen (secondary N) is 2. The summed E-state index contributed by atoms with van der Waals surface area (Å²) in [6.07, 6.45) is 2.72. The third kappa shape index (κ3) is 3.01. The summed E-state index contributed by atoms with van der Waals surface area (Å²) in [5, 5.41) is 7.22. The Balaban J connectivity index is 2.02. The van der Waals surface area contributed by atoms with Gasteiger partial charge in [0.05, 0.1) is 30.6 Å². The summed E-state index contributed by atoms with van der Waals surface area (Å²) >= 11 is 0. The molecule has 0 radical (unpaired) electrons. The lowest BCUT2D eigenvalue weighted by Crippen LogP contribution is -2.38. The molecule has 3 rings (SSSR count). The van der Waals surface area contributed by atoms with E-state index in [0.29, 0.717) is 0 Å². The van der Waals surface area contributed by atoms with Crippen LogP contribution in [0, 0.1) is 0 Å². The molecular formula is C21H28N2O2. The second kappa shape index (κ2) is 6.51. The van der Waals surface area contributed by atoms with Gasteiger partial charge in [-0.25, -0.2) is 0 Å². The Hall–Kier alpha value is -2.36. The molecule has 2 N–H and O–H groups in total. The Kier molecular flexibility index (Phi) is 4.55. The minimum atomic E-state index is -0.0409. The van der Waals surface area contributed by atoms with Crippen molar-refractivity contribution in [2.45, 2.75) is 52.6 Å². The zero-order valence-corrected chi connectivity index (χ0v) is 16.0. The van der Waals surface area contributed by atoms with Gasteiger partial charge >= 0.3 is 0 Å². The summed E-state index contributed by atoms with van der Waals surface area (Å²) in [4.78, 5) is 0. The third-order valence-electron chi connectivity index (χ3n) is 5.58. The smallest absolute Gasteiger partial charge is 0.144 e. The molecular weight excluding hydrogens is 312 g/mol. The van der Waals surface area contributed by atoms with E-state index in [1.165, 1.54) is 16.7 Å². The lowest BCUT2D eigenvalue weighted by atomic mass is 9.80. The van der Waals surface area contributed by atoms with Gasteiger partial charge in [-0.05, 0) is 63.5 Å². The van der Waals surface area contributed by atoms with Crippen molar-refractivity contribution < 1.29 is 9.15 Å². The van der Waals surface area contributed by atoms with Crippen molar-refractivity contribution in [3.63, 3.8) is 0 Å². The van der Waals surface area contributed by atoms with Crippen LogP contribution in [-0.2, 0) is 0 Å². The molecule has 1 aliphatic heterocycles. The maximum Gasteiger partial charge on any atom is 0.144 e. The van der Waals surface area contributed by atoms with Gasteiger partial charge in [0.25, 0.3) is 0 Å². The number of benzene rings is 1. The highest BCUT2D eigenvalue weighted by Crippen LogP contribution is 2.46. The van der Waals surface area contributed by atoms with Gasteiger partial charge in [0.2, 0.25) is 0 Å². The SMILES string of the molecule is CCC1(C)Nc2c(OC)cc(NC(C)c3ccco3)cc2C(C)=C1C. The van der Waals surface area contributed by atoms with E-state index in [-0.39, 0.29) is 11.6 Å². The van der Waals surface area contributed by atoms with Gasteiger partial charge in [-0.15, -0.1) is 0 Å². The predicted molar refractivity (Wildman–Crippen MR) is 104 cm³/mol. The number of allylic oxidation sites excluding steroid dienone is 1. The topological polar surface area (TPSA) is 46.4 Å². The number of fused-ring (bicyclic) bond motifs is 1. The fourth-order valence-electron chi connectivity index (χ4n) is 3.48. The number of furan rings is 1. The van der Waals surface area contributed by atoms with Crippen LogP contribution < -0.4 is 15.4 Å². The maximum absolute atomic E-state index is 5.70. The van der Waals surface area contributed by atoms with Crippen LogP contribution in [-0.4, -0.2) is 12.6 Å². The summed E-state index contributed by atoms with van der Waals surface area (Å²) in [5.41, 5.74) is 5.93. The van der Waals surface area contributed by atoms with Crippen LogP contribution in [0.25, 0.3) is 5.57 Å². The minimum absolute atomic E-state index is 0.0409. The second-order valence-electron chi connectivity index (χ2n) is 7.04. The van der Waals surface area contributed by atoms with Gasteiger partial charge in [0.1, 0.15) is 11.5 Å². The van der Waals surface area contributed by atoms with E-state index in [9.17, 15) is 0 Å². The van der Waals surface area contributed by atoms with Gasteiger partial charge in [0.15, 0.2) is 0 Å². The van der Waals surface area contributed by atoms with Crippen molar-refractivity contribution in [3.05, 3.63) is 47.4 Å². The average molecular weight is 340 g/mol. The number of ether oxygens (including phenoxy) is 1. The molecule has 0 aliphatic carbocycles. The van der Waals surface area contributed by atoms with Gasteiger partial charge in [-0.2, -0.15) is 0 Å². The van der Waals surface area contributed by atoms with E-state index in [2.05, 4.69) is 57.4 Å². The number of hydrogen-bond donors (Lipinski definition) is 2. The molecule has 4 heteroatoms. The molecule has 0 amide bonds. The van der Waals surface area contributed by atoms with Crippen LogP contribution in [0.3, 0.4) is 0 Å². The van der Waals surface area contributed by atoms with Crippen LogP contribution in [0.1, 0.15) is 58.4 Å². The molecule has 0 saturated heterocycles. The fourth-order valence-corrected chi connectivity index (χ4v) is 3.48. The van der Waals surface area contributed by atoms with Crippen molar-refractivity contribution in [1.29, 1.82) is 0 Å². The molecule has 4 nitrogen and oxygen atoms in total. The molecule has 2 aromatic rings. The lowest BCUT2D eigenvalue weighted by Gasteiger charge is -2.39. The van der Waals surface area contributed by atoms with Crippen molar-refractivity contribution in [1.82, 2.24) is 0 Å². The highest BCUT2D eigenvalue weighted by molar-refractivity contribution is 5.88. The Morgan fingerprint density at radius 2 is 2.08 bits per heavy atom. The first kappa shape index (κ1) is 17.5. The first-order valence-electron chi connectivity index (χ1n) is 8.88. The summed E-state index contributed by atoms with van der Waals surface area (Å²) in [7, 11) is 1.72. The summed E-state index contributed by atoms with van der Waals surface area (Å²) in [6, 6.07) is 8.22. The zero-order valence-electron chi connectivity index (χ0n) is 16.0. The number of methoxy groups -OCH3 is 1. The van der Waals surface area contributed by atoms with Gasteiger partial charge < -0.3 is 19.8 Å². The van der Waals surface area contributed by atoms with Gasteiger partial charge in [-0.3, -0.25) is 0 Å². The first-order valence-corrected chi connectivity index (χ1v) is 8.88. The molecule has 1 aliphatic rings. The Morgan fingerprint density at radius 1 is 1.32 bits per heavy atom. The molecule has 0 spiro atoms. The zero-order chi connectivity index (χ0) is 18.2. The van der Waals surface area contributed by atoms with Gasteiger partial charge in [0, 0.05) is 17.3 Å². The highest BCUT2D eigenvalue weighted by Gasteiger charge is 2.33. The van der Waals surface area contributed by atoms with Crippen molar-refractivity contribution in [2.24, 2.45) is 0 Å². The molecule has 0 bridgehead atoms. The van der Waals surface area contributed by atoms with E-state index >= 15 is 0 Å². The largest absolute Gasteiger partial charge is 0.494 e. The normalized spacial score (nSPS) is 20.7. The molecule has 0 saturated carbocycles. The lowest BCUT2D eigenvalue weighted by molar-refractivity contribution is 0.414. The van der Waals surface area contributed by atoms with E-state index < -0.39 is 0 Å². The number of hydrogen-bond acceptors (Lipinski definition) is 4. The van der Waals surface area contributed by atoms with Crippen molar-refractivity contribution in [2.75, 3.05) is 17.7 Å². The van der Waals surface area contributed by atoms with Crippen LogP contribution in [0.4, 0.5) is 11.4 Å². The molecule has 2 unspecified atom stereocenters. The number of anilines is 2. The van der Waals surface area contributed by atoms with E-state index in [0.717, 1.165) is 29.3 Å². The minimum Gasteiger partial charge on any atom is -0.494 e. The molecule has 25 heavy (non-hydrogen) atoms. The molecule has 0 fully saturated rings. The Labute approximate surface area is 150 Å². The van der Waals surface area contributed by atoms with Crippen LogP contribution in [0.5, 0.6) is 5.75 Å². The standard InChI is InChI=1S/C21H28N2O2/c1-7-21(5)14(3)13(2)17-11-16(12-19(24-6)20(17)23-21)22-15(4)18-9-8-10-25-18/h8-12,15,22-23H,7H2,1-6H3. The van der Waals surface area contributed by atoms with Crippen LogP contribution in [0.15, 0.2) is 40.5 Å². The highest BCUT2D eigenvalue weighted by atomic mass is 16.5. The van der Waals surface area contributed by atoms with Crippen LogP contribution in [0.2, 0.25) is 0 Å². The number of rotatable bonds is 5. The summed E-state index contributed by atoms with van der Waals surface area (Å²) in [6.45, 7) is 11.0. The summed E-state index contributed by atoms with van der Waals surface area (Å²) < 4.78 is 11.2. The Morgan fingerprint density at radius 3 is 2.68 bits per heavy atom. The maximum atomic E-state index is 5.70. The van der Waals surface area contributed by atoms with E-state index in [4.69, 9.17) is 9.15 Å². The molecule has 134 valence electrons. The molecule has 2 heterocycles. The quantitative estimate of drug-likeness (QED) is 0.717. The first-order chi connectivity index (χ1) is 11.9. The molecule has 1 aromatic carbocycles. The van der Waals surface area contributed by atoms with E-state index in [1.54, 1.807) is 13.4 Å². The fraction of sp³-hybridized carbons (Fsp3) is 0.429. The third-order valence-corrected chi connectivity index (χ3v) is 5.58. The molecule has 1 aromatic heterocycles. The average Bonchev–Trinajstić information content (AvgIpc) is 3.15. The summed E-state index contributed by atoms with van der Waals surface area (Å²) in [5.74, 6) is 1.77. The van der Waals surface area contributed by atoms with E-state index in [1.807, 2.05) is 12.1 Å². The predicted octanol–water partition coefficient (Wildman–Crippen LogP) is 5.85. The molecule has 2 atom stereocenters. The van der Waals surface area contributed by atoms with Crippen LogP contribution >= 0.6 is 0 Å². The Bertz CT molecular complexity index is 792. The van der Waals surface area contributed by atoms with Crippen molar-refractivity contribution >= 4 is 16.9 Å². The second-order valence-corrected chi connectivity index (χ2v) is 7.04. The monoisotopic (exact) mass is 340 g/mol. The van der Waals surface area contributed by atoms with Gasteiger partial charge in [-0.1, -0.05) is 6.92 Å².